The number of nitro benzene ring substituents is 2. The van der Waals surface area contributed by atoms with Gasteiger partial charge in [0.2, 0.25) is 0 Å². The fourth-order valence-corrected chi connectivity index (χ4v) is 2.73. The average molecular weight is 414 g/mol. The maximum atomic E-state index is 12.2. The van der Waals surface area contributed by atoms with Crippen LogP contribution in [0.2, 0.25) is 0 Å². The molecule has 0 saturated carbocycles. The second-order valence-corrected chi connectivity index (χ2v) is 6.73. The van der Waals surface area contributed by atoms with Crippen LogP contribution >= 0.6 is 0 Å². The van der Waals surface area contributed by atoms with Crippen LogP contribution in [-0.2, 0) is 0 Å². The van der Waals surface area contributed by atoms with Gasteiger partial charge in [-0.25, -0.2) is 0 Å². The summed E-state index contributed by atoms with van der Waals surface area (Å²) in [5.74, 6) is -0.603. The predicted molar refractivity (Wildman–Crippen MR) is 109 cm³/mol. The van der Waals surface area contributed by atoms with E-state index in [0.717, 1.165) is 6.42 Å². The summed E-state index contributed by atoms with van der Waals surface area (Å²) < 4.78 is 0. The van der Waals surface area contributed by atoms with E-state index in [1.165, 1.54) is 48.5 Å². The standard InChI is InChI=1S/C20H22N4O6/c1-14(22-20(26)16-7-11-18(12-8-16)24(29)30)4-2-3-13-21-19(25)15-5-9-17(10-6-15)23(27)28/h5-12,14H,2-4,13H2,1H3,(H,21,25)(H,22,26). The Labute approximate surface area is 172 Å². The molecule has 158 valence electrons. The van der Waals surface area contributed by atoms with Crippen LogP contribution in [0.5, 0.6) is 0 Å². The van der Waals surface area contributed by atoms with Gasteiger partial charge in [-0.05, 0) is 50.5 Å². The second-order valence-electron chi connectivity index (χ2n) is 6.73. The monoisotopic (exact) mass is 414 g/mol. The lowest BCUT2D eigenvalue weighted by Crippen LogP contribution is -2.32. The van der Waals surface area contributed by atoms with Gasteiger partial charge in [0.1, 0.15) is 0 Å². The second kappa shape index (κ2) is 10.6. The van der Waals surface area contributed by atoms with E-state index in [2.05, 4.69) is 10.6 Å². The Morgan fingerprint density at radius 1 is 0.833 bits per heavy atom. The highest BCUT2D eigenvalue weighted by Crippen LogP contribution is 2.13. The molecule has 0 bridgehead atoms. The van der Waals surface area contributed by atoms with Crippen LogP contribution < -0.4 is 10.6 Å². The number of hydrogen-bond donors (Lipinski definition) is 2. The van der Waals surface area contributed by atoms with E-state index in [1.54, 1.807) is 0 Å². The zero-order valence-electron chi connectivity index (χ0n) is 16.4. The molecule has 0 aromatic heterocycles. The highest BCUT2D eigenvalue weighted by molar-refractivity contribution is 5.95. The fourth-order valence-electron chi connectivity index (χ4n) is 2.73. The van der Waals surface area contributed by atoms with Crippen molar-refractivity contribution in [2.75, 3.05) is 6.54 Å². The lowest BCUT2D eigenvalue weighted by Gasteiger charge is -2.14. The van der Waals surface area contributed by atoms with Crippen LogP contribution in [0.4, 0.5) is 11.4 Å². The van der Waals surface area contributed by atoms with E-state index < -0.39 is 9.85 Å². The summed E-state index contributed by atoms with van der Waals surface area (Å²) in [6, 6.07) is 10.7. The fraction of sp³-hybridized carbons (Fsp3) is 0.300. The van der Waals surface area contributed by atoms with Gasteiger partial charge in [0.15, 0.2) is 0 Å². The molecule has 10 heteroatoms. The third-order valence-electron chi connectivity index (χ3n) is 4.41. The molecule has 1 unspecified atom stereocenters. The maximum absolute atomic E-state index is 12.2. The van der Waals surface area contributed by atoms with Crippen molar-refractivity contribution >= 4 is 23.2 Å². The lowest BCUT2D eigenvalue weighted by molar-refractivity contribution is -0.385. The van der Waals surface area contributed by atoms with Gasteiger partial charge in [-0.2, -0.15) is 0 Å². The van der Waals surface area contributed by atoms with E-state index in [0.29, 0.717) is 30.5 Å². The summed E-state index contributed by atoms with van der Waals surface area (Å²) >= 11 is 0. The van der Waals surface area contributed by atoms with Crippen LogP contribution in [0, 0.1) is 20.2 Å². The summed E-state index contributed by atoms with van der Waals surface area (Å²) in [5, 5.41) is 26.9. The van der Waals surface area contributed by atoms with Crippen molar-refractivity contribution in [1.29, 1.82) is 0 Å². The van der Waals surface area contributed by atoms with Crippen molar-refractivity contribution < 1.29 is 19.4 Å². The minimum absolute atomic E-state index is 0.0729. The first-order chi connectivity index (χ1) is 14.3. The molecule has 2 aromatic rings. The first-order valence-corrected chi connectivity index (χ1v) is 9.36. The number of rotatable bonds is 10. The van der Waals surface area contributed by atoms with E-state index in [4.69, 9.17) is 0 Å². The quantitative estimate of drug-likeness (QED) is 0.347. The highest BCUT2D eigenvalue weighted by Gasteiger charge is 2.12. The number of unbranched alkanes of at least 4 members (excludes halogenated alkanes) is 1. The Bertz CT molecular complexity index is 912. The molecule has 30 heavy (non-hydrogen) atoms. The van der Waals surface area contributed by atoms with Gasteiger partial charge in [-0.3, -0.25) is 29.8 Å². The normalized spacial score (nSPS) is 11.4. The van der Waals surface area contributed by atoms with Gasteiger partial charge in [-0.15, -0.1) is 0 Å². The minimum Gasteiger partial charge on any atom is -0.352 e. The molecule has 2 aromatic carbocycles. The van der Waals surface area contributed by atoms with E-state index in [1.807, 2.05) is 6.92 Å². The summed E-state index contributed by atoms with van der Waals surface area (Å²) in [5.41, 5.74) is 0.554. The van der Waals surface area contributed by atoms with Crippen molar-refractivity contribution in [3.63, 3.8) is 0 Å². The third-order valence-corrected chi connectivity index (χ3v) is 4.41. The highest BCUT2D eigenvalue weighted by atomic mass is 16.6. The number of nitrogens with one attached hydrogen (secondary N) is 2. The molecule has 10 nitrogen and oxygen atoms in total. The molecule has 0 aliphatic rings. The number of benzene rings is 2. The number of nitro groups is 2. The zero-order chi connectivity index (χ0) is 22.1. The van der Waals surface area contributed by atoms with Crippen LogP contribution in [-0.4, -0.2) is 34.2 Å². The Morgan fingerprint density at radius 2 is 1.30 bits per heavy atom. The van der Waals surface area contributed by atoms with Crippen molar-refractivity contribution in [2.24, 2.45) is 0 Å². The summed E-state index contributed by atoms with van der Waals surface area (Å²) in [7, 11) is 0. The van der Waals surface area contributed by atoms with Crippen molar-refractivity contribution in [3.8, 4) is 0 Å². The van der Waals surface area contributed by atoms with E-state index in [-0.39, 0.29) is 29.2 Å². The Hall–Kier alpha value is -3.82. The molecule has 2 amide bonds. The summed E-state index contributed by atoms with van der Waals surface area (Å²) in [6.45, 7) is 2.30. The van der Waals surface area contributed by atoms with Crippen molar-refractivity contribution in [3.05, 3.63) is 79.9 Å². The number of non-ortho nitro benzene ring substituents is 2. The average Bonchev–Trinajstić information content (AvgIpc) is 2.73. The smallest absolute Gasteiger partial charge is 0.269 e. The molecule has 1 atom stereocenters. The number of nitrogens with zero attached hydrogens (tertiary/aromatic N) is 2. The van der Waals surface area contributed by atoms with Gasteiger partial charge < -0.3 is 10.6 Å². The molecule has 2 rings (SSSR count). The molecule has 0 aliphatic heterocycles. The van der Waals surface area contributed by atoms with E-state index in [9.17, 15) is 29.8 Å². The van der Waals surface area contributed by atoms with Gasteiger partial charge in [0.25, 0.3) is 23.2 Å². The minimum atomic E-state index is -0.525. The van der Waals surface area contributed by atoms with Gasteiger partial charge in [-0.1, -0.05) is 0 Å². The molecular weight excluding hydrogens is 392 g/mol. The largest absolute Gasteiger partial charge is 0.352 e. The summed E-state index contributed by atoms with van der Waals surface area (Å²) in [4.78, 5) is 44.4. The van der Waals surface area contributed by atoms with E-state index >= 15 is 0 Å². The van der Waals surface area contributed by atoms with Gasteiger partial charge in [0, 0.05) is 48.0 Å². The first kappa shape index (κ1) is 22.5. The molecule has 0 aliphatic carbocycles. The first-order valence-electron chi connectivity index (χ1n) is 9.36. The third kappa shape index (κ3) is 6.66. The predicted octanol–water partition coefficient (Wildman–Crippen LogP) is 3.22. The topological polar surface area (TPSA) is 144 Å². The molecule has 0 fully saturated rings. The number of carbonyl (C=O) groups excluding carboxylic acids is 2. The Morgan fingerprint density at radius 3 is 1.77 bits per heavy atom. The molecule has 0 saturated heterocycles. The van der Waals surface area contributed by atoms with Crippen LogP contribution in [0.3, 0.4) is 0 Å². The zero-order valence-corrected chi connectivity index (χ0v) is 16.4. The van der Waals surface area contributed by atoms with Crippen molar-refractivity contribution in [2.45, 2.75) is 32.2 Å². The number of hydrogen-bond acceptors (Lipinski definition) is 6. The Balaban J connectivity index is 1.67. The molecule has 2 N–H and O–H groups in total. The van der Waals surface area contributed by atoms with Gasteiger partial charge >= 0.3 is 0 Å². The van der Waals surface area contributed by atoms with Crippen LogP contribution in [0.15, 0.2) is 48.5 Å². The maximum Gasteiger partial charge on any atom is 0.269 e. The van der Waals surface area contributed by atoms with Crippen LogP contribution in [0.25, 0.3) is 0 Å². The molecule has 0 spiro atoms. The lowest BCUT2D eigenvalue weighted by atomic mass is 10.1. The van der Waals surface area contributed by atoms with Gasteiger partial charge in [0.05, 0.1) is 9.85 Å². The van der Waals surface area contributed by atoms with Crippen molar-refractivity contribution in [1.82, 2.24) is 10.6 Å². The Kier molecular flexibility index (Phi) is 7.98. The molecular formula is C20H22N4O6. The van der Waals surface area contributed by atoms with Crippen LogP contribution in [0.1, 0.15) is 46.9 Å². The molecule has 0 heterocycles. The number of amides is 2. The number of carbonyl (C=O) groups is 2. The molecule has 0 radical (unpaired) electrons. The summed E-state index contributed by atoms with van der Waals surface area (Å²) in [6.07, 6.45) is 2.17. The SMILES string of the molecule is CC(CCCCNC(=O)c1ccc([N+](=O)[O-])cc1)NC(=O)c1ccc([N+](=O)[O-])cc1.